The lowest BCUT2D eigenvalue weighted by Gasteiger charge is -2.49. The number of carbonyl (C=O) groups is 3. The molecule has 1 aromatic rings. The molecule has 1 saturated heterocycles. The molecule has 0 radical (unpaired) electrons. The molecule has 120 valence electrons. The Labute approximate surface area is 137 Å². The van der Waals surface area contributed by atoms with Crippen LogP contribution in [-0.4, -0.2) is 45.0 Å². The van der Waals surface area contributed by atoms with Gasteiger partial charge in [-0.3, -0.25) is 14.5 Å². The maximum atomic E-state index is 12.2. The Balaban J connectivity index is 1.67. The number of amides is 2. The van der Waals surface area contributed by atoms with Crippen LogP contribution >= 0.6 is 11.8 Å². The molecular formula is C16H16N2O4S. The highest BCUT2D eigenvalue weighted by Gasteiger charge is 2.53. The molecule has 2 aliphatic heterocycles. The first-order valence-electron chi connectivity index (χ1n) is 7.20. The largest absolute Gasteiger partial charge is 0.477 e. The van der Waals surface area contributed by atoms with E-state index in [0.717, 1.165) is 5.56 Å². The third kappa shape index (κ3) is 2.84. The molecule has 2 atom stereocenters. The summed E-state index contributed by atoms with van der Waals surface area (Å²) in [6, 6.07) is 8.61. The van der Waals surface area contributed by atoms with E-state index in [2.05, 4.69) is 5.32 Å². The molecule has 2 aliphatic rings. The Morgan fingerprint density at radius 2 is 2.04 bits per heavy atom. The highest BCUT2D eigenvalue weighted by atomic mass is 32.2. The third-order valence-electron chi connectivity index (χ3n) is 3.89. The monoisotopic (exact) mass is 332 g/mol. The number of nitrogens with one attached hydrogen (secondary N) is 1. The van der Waals surface area contributed by atoms with Gasteiger partial charge in [-0.05, 0) is 18.1 Å². The van der Waals surface area contributed by atoms with Crippen molar-refractivity contribution in [1.82, 2.24) is 10.2 Å². The quantitative estimate of drug-likeness (QED) is 0.803. The fraction of sp³-hybridized carbons (Fsp3) is 0.312. The van der Waals surface area contributed by atoms with Crippen LogP contribution in [0.4, 0.5) is 0 Å². The first-order valence-corrected chi connectivity index (χ1v) is 8.25. The number of nitrogens with zero attached hydrogens (tertiary/aromatic N) is 1. The Kier molecular flexibility index (Phi) is 4.12. The third-order valence-corrected chi connectivity index (χ3v) is 5.31. The molecule has 2 amide bonds. The summed E-state index contributed by atoms with van der Waals surface area (Å²) in [6.07, 6.45) is 0.197. The van der Waals surface area contributed by atoms with Gasteiger partial charge in [0.25, 0.3) is 5.91 Å². The Hall–Kier alpha value is -2.28. The van der Waals surface area contributed by atoms with Crippen molar-refractivity contribution in [3.05, 3.63) is 47.2 Å². The number of hydrogen-bond acceptors (Lipinski definition) is 4. The lowest BCUT2D eigenvalue weighted by atomic mass is 10.0. The summed E-state index contributed by atoms with van der Waals surface area (Å²) in [7, 11) is 0. The number of thioether (sulfide) groups is 1. The zero-order chi connectivity index (χ0) is 16.6. The number of hydrogen-bond donors (Lipinski definition) is 2. The number of carboxylic acid groups (broad SMARTS) is 1. The second kappa shape index (κ2) is 6.08. The van der Waals surface area contributed by atoms with Crippen LogP contribution in [0, 0.1) is 0 Å². The predicted octanol–water partition coefficient (Wildman–Crippen LogP) is 0.988. The maximum Gasteiger partial charge on any atom is 0.352 e. The van der Waals surface area contributed by atoms with Gasteiger partial charge in [-0.25, -0.2) is 4.79 Å². The maximum absolute atomic E-state index is 12.2. The lowest BCUT2D eigenvalue weighted by Crippen LogP contribution is -2.70. The number of carbonyl (C=O) groups excluding carboxylic acids is 2. The van der Waals surface area contributed by atoms with Crippen LogP contribution in [0.5, 0.6) is 0 Å². The predicted molar refractivity (Wildman–Crippen MR) is 85.5 cm³/mol. The SMILES string of the molecule is CC1=C(C(=O)O)N2C(=O)C(NC(=O)Cc3ccccc3)[C@H]2SC1. The molecule has 1 aromatic carbocycles. The minimum Gasteiger partial charge on any atom is -0.477 e. The summed E-state index contributed by atoms with van der Waals surface area (Å²) < 4.78 is 0. The van der Waals surface area contributed by atoms with E-state index in [4.69, 9.17) is 0 Å². The summed E-state index contributed by atoms with van der Waals surface area (Å²) >= 11 is 1.47. The number of carboxylic acids is 1. The molecule has 0 aliphatic carbocycles. The summed E-state index contributed by atoms with van der Waals surface area (Å²) in [5.41, 5.74) is 1.58. The molecule has 1 unspecified atom stereocenters. The average molecular weight is 332 g/mol. The molecule has 0 aromatic heterocycles. The average Bonchev–Trinajstić information content (AvgIpc) is 2.53. The van der Waals surface area contributed by atoms with Crippen LogP contribution in [0.2, 0.25) is 0 Å². The molecule has 23 heavy (non-hydrogen) atoms. The second-order valence-corrected chi connectivity index (χ2v) is 6.66. The van der Waals surface area contributed by atoms with E-state index in [-0.39, 0.29) is 29.3 Å². The summed E-state index contributed by atoms with van der Waals surface area (Å²) in [5, 5.41) is 11.6. The van der Waals surface area contributed by atoms with Crippen molar-refractivity contribution in [2.75, 3.05) is 5.75 Å². The minimum atomic E-state index is -1.10. The van der Waals surface area contributed by atoms with E-state index in [0.29, 0.717) is 11.3 Å². The van der Waals surface area contributed by atoms with Gasteiger partial charge in [0.2, 0.25) is 5.91 Å². The van der Waals surface area contributed by atoms with Gasteiger partial charge in [0.1, 0.15) is 17.1 Å². The number of β-lactam (4-membered cyclic amide) rings is 1. The van der Waals surface area contributed by atoms with Gasteiger partial charge in [-0.2, -0.15) is 0 Å². The van der Waals surface area contributed by atoms with E-state index in [1.165, 1.54) is 16.7 Å². The Morgan fingerprint density at radius 3 is 2.70 bits per heavy atom. The highest BCUT2D eigenvalue weighted by Crippen LogP contribution is 2.40. The van der Waals surface area contributed by atoms with Crippen molar-refractivity contribution >= 4 is 29.5 Å². The number of aliphatic carboxylic acids is 1. The molecule has 7 heteroatoms. The van der Waals surface area contributed by atoms with Gasteiger partial charge in [0, 0.05) is 5.75 Å². The van der Waals surface area contributed by atoms with Crippen LogP contribution in [0.3, 0.4) is 0 Å². The van der Waals surface area contributed by atoms with Gasteiger partial charge in [-0.1, -0.05) is 30.3 Å². The van der Waals surface area contributed by atoms with Crippen molar-refractivity contribution in [3.63, 3.8) is 0 Å². The Morgan fingerprint density at radius 1 is 1.35 bits per heavy atom. The standard InChI is InChI=1S/C16H16N2O4S/c1-9-8-23-15-12(14(20)18(15)13(9)16(21)22)17-11(19)7-10-5-3-2-4-6-10/h2-6,12,15H,7-8H2,1H3,(H,17,19)(H,21,22)/t12?,15-/m1/s1. The molecule has 0 saturated carbocycles. The van der Waals surface area contributed by atoms with Crippen LogP contribution in [0.25, 0.3) is 0 Å². The summed E-state index contributed by atoms with van der Waals surface area (Å²) in [4.78, 5) is 36.9. The topological polar surface area (TPSA) is 86.7 Å². The smallest absolute Gasteiger partial charge is 0.352 e. The zero-order valence-electron chi connectivity index (χ0n) is 12.5. The lowest BCUT2D eigenvalue weighted by molar-refractivity contribution is -0.150. The molecular weight excluding hydrogens is 316 g/mol. The van der Waals surface area contributed by atoms with E-state index >= 15 is 0 Å². The van der Waals surface area contributed by atoms with E-state index in [1.54, 1.807) is 6.92 Å². The second-order valence-electron chi connectivity index (χ2n) is 5.55. The number of benzene rings is 1. The first kappa shape index (κ1) is 15.6. The van der Waals surface area contributed by atoms with Crippen molar-refractivity contribution in [2.24, 2.45) is 0 Å². The molecule has 1 fully saturated rings. The van der Waals surface area contributed by atoms with E-state index in [1.807, 2.05) is 30.3 Å². The molecule has 0 bridgehead atoms. The van der Waals surface area contributed by atoms with E-state index in [9.17, 15) is 19.5 Å². The van der Waals surface area contributed by atoms with Gasteiger partial charge in [0.05, 0.1) is 6.42 Å². The molecule has 2 N–H and O–H groups in total. The van der Waals surface area contributed by atoms with E-state index < -0.39 is 12.0 Å². The molecule has 2 heterocycles. The number of rotatable bonds is 4. The summed E-state index contributed by atoms with van der Waals surface area (Å²) in [5.74, 6) is -1.16. The highest BCUT2D eigenvalue weighted by molar-refractivity contribution is 8.00. The van der Waals surface area contributed by atoms with Crippen molar-refractivity contribution in [2.45, 2.75) is 24.8 Å². The Bertz CT molecular complexity index is 701. The van der Waals surface area contributed by atoms with Crippen molar-refractivity contribution in [3.8, 4) is 0 Å². The van der Waals surface area contributed by atoms with Crippen LogP contribution in [0.1, 0.15) is 12.5 Å². The van der Waals surface area contributed by atoms with Gasteiger partial charge < -0.3 is 10.4 Å². The number of fused-ring (bicyclic) bond motifs is 1. The fourth-order valence-electron chi connectivity index (χ4n) is 2.78. The fourth-order valence-corrected chi connectivity index (χ4v) is 4.07. The van der Waals surface area contributed by atoms with Gasteiger partial charge in [0.15, 0.2) is 0 Å². The molecule has 6 nitrogen and oxygen atoms in total. The van der Waals surface area contributed by atoms with Crippen LogP contribution < -0.4 is 5.32 Å². The first-order chi connectivity index (χ1) is 11.0. The van der Waals surface area contributed by atoms with Crippen LogP contribution in [0.15, 0.2) is 41.6 Å². The van der Waals surface area contributed by atoms with Gasteiger partial charge >= 0.3 is 5.97 Å². The van der Waals surface area contributed by atoms with Crippen molar-refractivity contribution < 1.29 is 19.5 Å². The zero-order valence-corrected chi connectivity index (χ0v) is 13.3. The van der Waals surface area contributed by atoms with Crippen molar-refractivity contribution in [1.29, 1.82) is 0 Å². The summed E-state index contributed by atoms with van der Waals surface area (Å²) in [6.45, 7) is 1.71. The van der Waals surface area contributed by atoms with Gasteiger partial charge in [-0.15, -0.1) is 11.8 Å². The molecule has 3 rings (SSSR count). The molecule has 0 spiro atoms. The van der Waals surface area contributed by atoms with Crippen LogP contribution in [-0.2, 0) is 20.8 Å². The normalized spacial score (nSPS) is 23.2. The minimum absolute atomic E-state index is 0.0484.